The predicted octanol–water partition coefficient (Wildman–Crippen LogP) is 0.306. The van der Waals surface area contributed by atoms with E-state index in [2.05, 4.69) is 5.32 Å². The highest BCUT2D eigenvalue weighted by molar-refractivity contribution is 5.87. The number of unbranched alkanes of at least 4 members (excludes halogenated alkanes) is 2. The summed E-state index contributed by atoms with van der Waals surface area (Å²) in [6, 6.07) is 5.93. The zero-order chi connectivity index (χ0) is 24.1. The molecule has 0 radical (unpaired) electrons. The van der Waals surface area contributed by atoms with Gasteiger partial charge >= 0.3 is 5.97 Å². The number of aliphatic hydroxyl groups is 4. The number of carboxylic acid groups (broad SMARTS) is 1. The van der Waals surface area contributed by atoms with Crippen molar-refractivity contribution in [2.75, 3.05) is 6.61 Å². The van der Waals surface area contributed by atoms with E-state index in [4.69, 9.17) is 4.74 Å². The maximum atomic E-state index is 12.2. The minimum Gasteiger partial charge on any atom is -0.480 e. The van der Waals surface area contributed by atoms with E-state index in [9.17, 15) is 35.1 Å². The maximum absolute atomic E-state index is 12.2. The molecule has 1 aliphatic heterocycles. The number of aromatic nitrogens is 1. The number of hydrogen-bond acceptors (Lipinski definition) is 7. The van der Waals surface area contributed by atoms with E-state index in [1.807, 2.05) is 6.92 Å². The average molecular weight is 465 g/mol. The van der Waals surface area contributed by atoms with Gasteiger partial charge in [0.05, 0.1) is 12.1 Å². The molecule has 0 aliphatic carbocycles. The predicted molar refractivity (Wildman–Crippen MR) is 118 cm³/mol. The highest BCUT2D eigenvalue weighted by atomic mass is 16.6. The molecule has 0 bridgehead atoms. The van der Waals surface area contributed by atoms with Gasteiger partial charge in [0.2, 0.25) is 5.91 Å². The smallest absolute Gasteiger partial charge is 0.326 e. The Labute approximate surface area is 191 Å². The number of carbonyl (C=O) groups excluding carboxylic acids is 1. The fourth-order valence-corrected chi connectivity index (χ4v) is 4.18. The molecule has 10 heteroatoms. The van der Waals surface area contributed by atoms with Crippen LogP contribution in [0.5, 0.6) is 0 Å². The molecule has 3 rings (SSSR count). The van der Waals surface area contributed by atoms with Gasteiger partial charge in [-0.15, -0.1) is 0 Å². The first-order valence-corrected chi connectivity index (χ1v) is 11.2. The van der Waals surface area contributed by atoms with Crippen molar-refractivity contribution in [1.82, 2.24) is 9.88 Å². The zero-order valence-corrected chi connectivity index (χ0v) is 18.5. The molecule has 1 amide bonds. The molecule has 1 saturated heterocycles. The lowest BCUT2D eigenvalue weighted by molar-refractivity contribution is -0.250. The summed E-state index contributed by atoms with van der Waals surface area (Å²) in [5.41, 5.74) is 1.21. The molecular weight excluding hydrogens is 432 g/mol. The summed E-state index contributed by atoms with van der Waals surface area (Å²) in [6.45, 7) is 1.46. The number of fused-ring (bicyclic) bond motifs is 1. The number of ether oxygens (including phenoxy) is 1. The molecule has 1 aromatic carbocycles. The molecule has 6 N–H and O–H groups in total. The lowest BCUT2D eigenvalue weighted by Gasteiger charge is -2.40. The summed E-state index contributed by atoms with van der Waals surface area (Å²) < 4.78 is 7.23. The van der Waals surface area contributed by atoms with E-state index in [0.717, 1.165) is 12.8 Å². The van der Waals surface area contributed by atoms with Crippen LogP contribution in [0, 0.1) is 0 Å². The number of para-hydroxylation sites is 1. The Kier molecular flexibility index (Phi) is 8.44. The van der Waals surface area contributed by atoms with Crippen molar-refractivity contribution >= 4 is 22.8 Å². The maximum Gasteiger partial charge on any atom is 0.326 e. The molecule has 2 heterocycles. The normalized spacial score (nSPS) is 26.3. The number of nitrogens with zero attached hydrogens (tertiary/aromatic N) is 1. The third kappa shape index (κ3) is 5.53. The van der Waals surface area contributed by atoms with Crippen LogP contribution in [-0.2, 0) is 20.7 Å². The second kappa shape index (κ2) is 11.1. The first-order chi connectivity index (χ1) is 15.8. The lowest BCUT2D eigenvalue weighted by Crippen LogP contribution is -2.56. The molecule has 33 heavy (non-hydrogen) atoms. The topological polar surface area (TPSA) is 161 Å². The minimum absolute atomic E-state index is 0.000211. The number of carbonyl (C=O) groups is 2. The summed E-state index contributed by atoms with van der Waals surface area (Å²) >= 11 is 0. The van der Waals surface area contributed by atoms with Crippen LogP contribution < -0.4 is 5.32 Å². The van der Waals surface area contributed by atoms with Crippen LogP contribution in [0.3, 0.4) is 0 Å². The molecule has 10 nitrogen and oxygen atoms in total. The Morgan fingerprint density at radius 1 is 1.12 bits per heavy atom. The Morgan fingerprint density at radius 2 is 1.85 bits per heavy atom. The molecule has 182 valence electrons. The Balaban J connectivity index is 1.89. The number of aliphatic hydroxyl groups excluding tert-OH is 4. The van der Waals surface area contributed by atoms with Gasteiger partial charge in [0, 0.05) is 24.4 Å². The van der Waals surface area contributed by atoms with Crippen LogP contribution in [-0.4, -0.2) is 79.0 Å². The van der Waals surface area contributed by atoms with E-state index in [1.165, 1.54) is 0 Å². The minimum atomic E-state index is -1.54. The van der Waals surface area contributed by atoms with Gasteiger partial charge in [0.15, 0.2) is 6.23 Å². The van der Waals surface area contributed by atoms with Crippen molar-refractivity contribution in [2.24, 2.45) is 0 Å². The number of rotatable bonds is 10. The lowest BCUT2D eigenvalue weighted by atomic mass is 9.98. The zero-order valence-electron chi connectivity index (χ0n) is 18.5. The monoisotopic (exact) mass is 464 g/mol. The molecule has 0 saturated carbocycles. The van der Waals surface area contributed by atoms with Crippen molar-refractivity contribution in [3.8, 4) is 0 Å². The number of benzene rings is 1. The first kappa shape index (κ1) is 25.1. The fraction of sp³-hybridized carbons (Fsp3) is 0.565. The van der Waals surface area contributed by atoms with Crippen molar-refractivity contribution in [3.05, 3.63) is 36.0 Å². The second-order valence-electron chi connectivity index (χ2n) is 8.42. The summed E-state index contributed by atoms with van der Waals surface area (Å²) in [5.74, 6) is -1.49. The van der Waals surface area contributed by atoms with Gasteiger partial charge < -0.3 is 40.2 Å². The number of aliphatic carboxylic acids is 1. The highest BCUT2D eigenvalue weighted by Crippen LogP contribution is 2.33. The number of carboxylic acids is 1. The molecule has 1 aliphatic rings. The van der Waals surface area contributed by atoms with E-state index in [0.29, 0.717) is 22.9 Å². The summed E-state index contributed by atoms with van der Waals surface area (Å²) in [6.07, 6.45) is -2.32. The summed E-state index contributed by atoms with van der Waals surface area (Å²) in [4.78, 5) is 24.1. The summed E-state index contributed by atoms with van der Waals surface area (Å²) in [5, 5.41) is 53.3. The quantitative estimate of drug-likeness (QED) is 0.274. The van der Waals surface area contributed by atoms with E-state index >= 15 is 0 Å². The van der Waals surface area contributed by atoms with Crippen LogP contribution >= 0.6 is 0 Å². The summed E-state index contributed by atoms with van der Waals surface area (Å²) in [7, 11) is 0. The molecular formula is C23H32N2O8. The Bertz CT molecular complexity index is 959. The number of nitrogens with one attached hydrogen (secondary N) is 1. The van der Waals surface area contributed by atoms with Crippen LogP contribution in [0.1, 0.15) is 44.4 Å². The third-order valence-electron chi connectivity index (χ3n) is 6.03. The van der Waals surface area contributed by atoms with Gasteiger partial charge in [0.1, 0.15) is 30.5 Å². The van der Waals surface area contributed by atoms with Crippen molar-refractivity contribution in [2.45, 2.75) is 75.7 Å². The molecule has 6 atom stereocenters. The van der Waals surface area contributed by atoms with Crippen LogP contribution in [0.15, 0.2) is 30.5 Å². The van der Waals surface area contributed by atoms with Crippen molar-refractivity contribution in [3.63, 3.8) is 0 Å². The Morgan fingerprint density at radius 3 is 2.52 bits per heavy atom. The first-order valence-electron chi connectivity index (χ1n) is 11.2. The molecule has 0 unspecified atom stereocenters. The number of amides is 1. The molecule has 1 aromatic heterocycles. The van der Waals surface area contributed by atoms with Gasteiger partial charge in [0.25, 0.3) is 0 Å². The standard InChI is InChI=1S/C23H32N2O8/c1-2-3-4-9-18(27)24-15(23(31)32)10-13-11-25(16-8-6-5-7-14(13)16)22-21(30)20(29)19(28)17(12-26)33-22/h5-8,11,15,17,19-22,26,28-30H,2-4,9-10,12H2,1H3,(H,24,27)(H,31,32)/t15-,17-,19+,20+,21-,22+/m0/s1. The second-order valence-corrected chi connectivity index (χ2v) is 8.42. The van der Waals surface area contributed by atoms with Crippen molar-refractivity contribution < 1.29 is 39.9 Å². The van der Waals surface area contributed by atoms with Gasteiger partial charge in [-0.2, -0.15) is 0 Å². The van der Waals surface area contributed by atoms with Crippen molar-refractivity contribution in [1.29, 1.82) is 0 Å². The fourth-order valence-electron chi connectivity index (χ4n) is 4.18. The molecule has 0 spiro atoms. The van der Waals surface area contributed by atoms with Gasteiger partial charge in [-0.05, 0) is 18.1 Å². The average Bonchev–Trinajstić information content (AvgIpc) is 3.16. The van der Waals surface area contributed by atoms with E-state index < -0.39 is 49.3 Å². The largest absolute Gasteiger partial charge is 0.480 e. The van der Waals surface area contributed by atoms with Crippen LogP contribution in [0.2, 0.25) is 0 Å². The van der Waals surface area contributed by atoms with E-state index in [-0.39, 0.29) is 18.7 Å². The van der Waals surface area contributed by atoms with E-state index in [1.54, 1.807) is 35.0 Å². The van der Waals surface area contributed by atoms with Gasteiger partial charge in [-0.3, -0.25) is 4.79 Å². The third-order valence-corrected chi connectivity index (χ3v) is 6.03. The highest BCUT2D eigenvalue weighted by Gasteiger charge is 2.44. The van der Waals surface area contributed by atoms with Crippen LogP contribution in [0.4, 0.5) is 0 Å². The Hall–Kier alpha value is -2.50. The van der Waals surface area contributed by atoms with Gasteiger partial charge in [-0.1, -0.05) is 38.0 Å². The van der Waals surface area contributed by atoms with Crippen LogP contribution in [0.25, 0.3) is 10.9 Å². The molecule has 1 fully saturated rings. The SMILES string of the molecule is CCCCCC(=O)N[C@@H](Cc1cn([C@@H]2O[C@@H](CO)[C@@H](O)[C@@H](O)[C@@H]2O)c2ccccc12)C(=O)O. The number of hydrogen-bond donors (Lipinski definition) is 6. The van der Waals surface area contributed by atoms with Gasteiger partial charge in [-0.25, -0.2) is 4.79 Å². The molecule has 2 aromatic rings.